The first-order valence-corrected chi connectivity index (χ1v) is 7.98. The van der Waals surface area contributed by atoms with Crippen LogP contribution in [0, 0.1) is 5.82 Å². The first-order valence-electron chi connectivity index (χ1n) is 7.18. The van der Waals surface area contributed by atoms with Crippen molar-refractivity contribution in [2.45, 2.75) is 0 Å². The predicted octanol–water partition coefficient (Wildman–Crippen LogP) is 2.46. The molecule has 2 aromatic carbocycles. The van der Waals surface area contributed by atoms with Gasteiger partial charge in [0.2, 0.25) is 0 Å². The first-order chi connectivity index (χ1) is 12.4. The third kappa shape index (κ3) is 5.21. The number of anilines is 1. The van der Waals surface area contributed by atoms with Crippen LogP contribution in [0.5, 0.6) is 0 Å². The highest BCUT2D eigenvalue weighted by atomic mass is 79.9. The van der Waals surface area contributed by atoms with Gasteiger partial charge in [-0.05, 0) is 35.9 Å². The fourth-order valence-corrected chi connectivity index (χ4v) is 2.14. The van der Waals surface area contributed by atoms with Gasteiger partial charge in [0.15, 0.2) is 0 Å². The van der Waals surface area contributed by atoms with Crippen molar-refractivity contribution in [2.75, 3.05) is 12.4 Å². The molecule has 2 N–H and O–H groups in total. The van der Waals surface area contributed by atoms with Crippen molar-refractivity contribution in [1.82, 2.24) is 5.43 Å². The van der Waals surface area contributed by atoms with Crippen LogP contribution in [-0.2, 0) is 14.3 Å². The standard InChI is InChI=1S/C17H13BrFN3O4/c1-26-17(25)11-4-2-10(3-5-11)9-20-22-16(24)15(23)21-14-7-6-12(18)8-13(14)19/h2-9H,1H3,(H,21,23)(H,22,24). The molecule has 0 aromatic heterocycles. The number of esters is 1. The average molecular weight is 422 g/mol. The number of carbonyl (C=O) groups excluding carboxylic acids is 3. The summed E-state index contributed by atoms with van der Waals surface area (Å²) >= 11 is 3.09. The molecule has 0 aliphatic rings. The van der Waals surface area contributed by atoms with Crippen molar-refractivity contribution >= 4 is 45.6 Å². The minimum atomic E-state index is -1.07. The van der Waals surface area contributed by atoms with Gasteiger partial charge in [-0.25, -0.2) is 14.6 Å². The van der Waals surface area contributed by atoms with Crippen LogP contribution in [0.25, 0.3) is 0 Å². The van der Waals surface area contributed by atoms with Crippen LogP contribution in [0.1, 0.15) is 15.9 Å². The summed E-state index contributed by atoms with van der Waals surface area (Å²) in [6, 6.07) is 10.2. The fraction of sp³-hybridized carbons (Fsp3) is 0.0588. The second kappa shape index (κ2) is 8.86. The highest BCUT2D eigenvalue weighted by Crippen LogP contribution is 2.19. The van der Waals surface area contributed by atoms with E-state index in [0.717, 1.165) is 6.07 Å². The smallest absolute Gasteiger partial charge is 0.337 e. The molecule has 134 valence electrons. The number of hydrazone groups is 1. The van der Waals surface area contributed by atoms with Crippen molar-refractivity contribution in [2.24, 2.45) is 5.10 Å². The Hall–Kier alpha value is -3.07. The lowest BCUT2D eigenvalue weighted by atomic mass is 10.1. The molecule has 0 aliphatic heterocycles. The van der Waals surface area contributed by atoms with E-state index in [0.29, 0.717) is 15.6 Å². The Labute approximate surface area is 156 Å². The molecule has 26 heavy (non-hydrogen) atoms. The molecule has 0 radical (unpaired) electrons. The summed E-state index contributed by atoms with van der Waals surface area (Å²) in [5, 5.41) is 5.77. The quantitative estimate of drug-likeness (QED) is 0.343. The number of carbonyl (C=O) groups is 3. The van der Waals surface area contributed by atoms with E-state index in [1.165, 1.54) is 37.6 Å². The molecular weight excluding hydrogens is 409 g/mol. The molecule has 0 aliphatic carbocycles. The number of hydrogen-bond acceptors (Lipinski definition) is 5. The molecule has 0 spiro atoms. The summed E-state index contributed by atoms with van der Waals surface area (Å²) < 4.78 is 18.7. The lowest BCUT2D eigenvalue weighted by molar-refractivity contribution is -0.136. The van der Waals surface area contributed by atoms with E-state index < -0.39 is 23.6 Å². The minimum absolute atomic E-state index is 0.129. The topological polar surface area (TPSA) is 96.9 Å². The van der Waals surface area contributed by atoms with E-state index in [1.807, 2.05) is 5.43 Å². The molecular formula is C17H13BrFN3O4. The van der Waals surface area contributed by atoms with Crippen LogP contribution in [0.3, 0.4) is 0 Å². The molecule has 0 fully saturated rings. The summed E-state index contributed by atoms with van der Waals surface area (Å²) in [5.74, 6) is -3.28. The monoisotopic (exact) mass is 421 g/mol. The maximum absolute atomic E-state index is 13.6. The van der Waals surface area contributed by atoms with Gasteiger partial charge in [-0.15, -0.1) is 0 Å². The van der Waals surface area contributed by atoms with Gasteiger partial charge in [0, 0.05) is 4.47 Å². The van der Waals surface area contributed by atoms with E-state index in [-0.39, 0.29) is 5.69 Å². The lowest BCUT2D eigenvalue weighted by Gasteiger charge is -2.05. The molecule has 0 heterocycles. The van der Waals surface area contributed by atoms with Crippen molar-refractivity contribution in [3.05, 3.63) is 63.9 Å². The van der Waals surface area contributed by atoms with E-state index in [1.54, 1.807) is 12.1 Å². The number of rotatable bonds is 4. The highest BCUT2D eigenvalue weighted by molar-refractivity contribution is 9.10. The van der Waals surface area contributed by atoms with Gasteiger partial charge >= 0.3 is 17.8 Å². The molecule has 0 saturated heterocycles. The number of methoxy groups -OCH3 is 1. The number of ether oxygens (including phenoxy) is 1. The predicted molar refractivity (Wildman–Crippen MR) is 96.2 cm³/mol. The Balaban J connectivity index is 1.91. The number of hydrogen-bond donors (Lipinski definition) is 2. The van der Waals surface area contributed by atoms with Crippen LogP contribution in [0.4, 0.5) is 10.1 Å². The third-order valence-electron chi connectivity index (χ3n) is 3.10. The fourth-order valence-electron chi connectivity index (χ4n) is 1.81. The zero-order chi connectivity index (χ0) is 19.1. The molecule has 2 aromatic rings. The van der Waals surface area contributed by atoms with Gasteiger partial charge in [0.1, 0.15) is 5.82 Å². The van der Waals surface area contributed by atoms with Crippen molar-refractivity contribution in [3.8, 4) is 0 Å². The van der Waals surface area contributed by atoms with E-state index in [4.69, 9.17) is 0 Å². The summed E-state index contributed by atoms with van der Waals surface area (Å²) in [6.45, 7) is 0. The number of benzene rings is 2. The highest BCUT2D eigenvalue weighted by Gasteiger charge is 2.15. The summed E-state index contributed by atoms with van der Waals surface area (Å²) in [5.41, 5.74) is 2.84. The van der Waals surface area contributed by atoms with Gasteiger partial charge in [-0.2, -0.15) is 5.10 Å². The van der Waals surface area contributed by atoms with Crippen LogP contribution in [0.15, 0.2) is 52.0 Å². The minimum Gasteiger partial charge on any atom is -0.465 e. The second-order valence-electron chi connectivity index (χ2n) is 4.89. The average Bonchev–Trinajstić information content (AvgIpc) is 2.63. The van der Waals surface area contributed by atoms with Gasteiger partial charge in [-0.1, -0.05) is 28.1 Å². The van der Waals surface area contributed by atoms with Gasteiger partial charge in [0.05, 0.1) is 24.6 Å². The molecule has 7 nitrogen and oxygen atoms in total. The summed E-state index contributed by atoms with van der Waals surface area (Å²) in [6.07, 6.45) is 1.28. The molecule has 0 saturated carbocycles. The Morgan fingerprint density at radius 1 is 1.12 bits per heavy atom. The summed E-state index contributed by atoms with van der Waals surface area (Å²) in [4.78, 5) is 34.7. The van der Waals surface area contributed by atoms with Crippen molar-refractivity contribution in [3.63, 3.8) is 0 Å². The largest absolute Gasteiger partial charge is 0.465 e. The second-order valence-corrected chi connectivity index (χ2v) is 5.81. The molecule has 0 atom stereocenters. The summed E-state index contributed by atoms with van der Waals surface area (Å²) in [7, 11) is 1.28. The van der Waals surface area contributed by atoms with Crippen LogP contribution >= 0.6 is 15.9 Å². The Bertz CT molecular complexity index is 869. The molecule has 9 heteroatoms. The molecule has 2 amide bonds. The Morgan fingerprint density at radius 2 is 1.81 bits per heavy atom. The zero-order valence-corrected chi connectivity index (χ0v) is 15.0. The van der Waals surface area contributed by atoms with E-state index in [9.17, 15) is 18.8 Å². The maximum Gasteiger partial charge on any atom is 0.337 e. The SMILES string of the molecule is COC(=O)c1ccc(C=NNC(=O)C(=O)Nc2ccc(Br)cc2F)cc1. The third-order valence-corrected chi connectivity index (χ3v) is 3.59. The normalized spacial score (nSPS) is 10.4. The van der Waals surface area contributed by atoms with Crippen LogP contribution < -0.4 is 10.7 Å². The van der Waals surface area contributed by atoms with Crippen LogP contribution in [-0.4, -0.2) is 31.1 Å². The lowest BCUT2D eigenvalue weighted by Crippen LogP contribution is -2.32. The molecule has 0 unspecified atom stereocenters. The maximum atomic E-state index is 13.6. The van der Waals surface area contributed by atoms with E-state index in [2.05, 4.69) is 31.1 Å². The van der Waals surface area contributed by atoms with Crippen LogP contribution in [0.2, 0.25) is 0 Å². The van der Waals surface area contributed by atoms with E-state index >= 15 is 0 Å². The number of nitrogens with zero attached hydrogens (tertiary/aromatic N) is 1. The van der Waals surface area contributed by atoms with Gasteiger partial charge in [0.25, 0.3) is 0 Å². The Morgan fingerprint density at radius 3 is 2.42 bits per heavy atom. The molecule has 0 bridgehead atoms. The van der Waals surface area contributed by atoms with Gasteiger partial charge < -0.3 is 10.1 Å². The van der Waals surface area contributed by atoms with Gasteiger partial charge in [-0.3, -0.25) is 9.59 Å². The zero-order valence-electron chi connectivity index (χ0n) is 13.5. The number of nitrogens with one attached hydrogen (secondary N) is 2. The first kappa shape index (κ1) is 19.3. The molecule has 2 rings (SSSR count). The Kier molecular flexibility index (Phi) is 6.56. The van der Waals surface area contributed by atoms with Crippen molar-refractivity contribution in [1.29, 1.82) is 0 Å². The van der Waals surface area contributed by atoms with Crippen molar-refractivity contribution < 1.29 is 23.5 Å². The number of halogens is 2. The number of amides is 2.